The van der Waals surface area contributed by atoms with Crippen molar-refractivity contribution in [3.63, 3.8) is 0 Å². The number of hydrogen-bond donors (Lipinski definition) is 1. The molecule has 0 aliphatic rings. The highest BCUT2D eigenvalue weighted by atomic mass is 79.9. The number of nitrogens with zero attached hydrogens (tertiary/aromatic N) is 4. The molecule has 23 heavy (non-hydrogen) atoms. The molecule has 1 aromatic carbocycles. The van der Waals surface area contributed by atoms with Gasteiger partial charge >= 0.3 is 0 Å². The Labute approximate surface area is 147 Å². The van der Waals surface area contributed by atoms with Crippen molar-refractivity contribution >= 4 is 38.2 Å². The quantitative estimate of drug-likeness (QED) is 0.547. The molecule has 3 rings (SSSR count). The first-order valence-electron chi connectivity index (χ1n) is 7.23. The van der Waals surface area contributed by atoms with Gasteiger partial charge in [-0.05, 0) is 17.7 Å². The number of fused-ring (bicyclic) bond motifs is 1. The summed E-state index contributed by atoms with van der Waals surface area (Å²) >= 11 is 5.10. The minimum absolute atomic E-state index is 0.658. The third-order valence-corrected chi connectivity index (χ3v) is 4.78. The van der Waals surface area contributed by atoms with Crippen LogP contribution in [0.5, 0.6) is 0 Å². The summed E-state index contributed by atoms with van der Waals surface area (Å²) in [6.07, 6.45) is 4.06. The average molecular weight is 392 g/mol. The summed E-state index contributed by atoms with van der Waals surface area (Å²) in [7, 11) is 3.83. The molecule has 0 bridgehead atoms. The molecule has 0 saturated heterocycles. The van der Waals surface area contributed by atoms with Gasteiger partial charge in [0.15, 0.2) is 10.9 Å². The van der Waals surface area contributed by atoms with Crippen molar-refractivity contribution in [2.75, 3.05) is 14.1 Å². The molecule has 0 amide bonds. The highest BCUT2D eigenvalue weighted by Crippen LogP contribution is 2.13. The van der Waals surface area contributed by atoms with Crippen molar-refractivity contribution in [2.45, 2.75) is 13.1 Å². The number of aromatic nitrogens is 2. The summed E-state index contributed by atoms with van der Waals surface area (Å²) in [6.45, 7) is 1.46. The average Bonchev–Trinajstić information content (AvgIpc) is 3.11. The van der Waals surface area contributed by atoms with Crippen LogP contribution in [0, 0.1) is 0 Å². The molecule has 5 nitrogen and oxygen atoms in total. The monoisotopic (exact) mass is 391 g/mol. The number of nitrogens with one attached hydrogen (secondary N) is 1. The molecule has 0 aliphatic heterocycles. The van der Waals surface area contributed by atoms with E-state index in [0.29, 0.717) is 6.54 Å². The standard InChI is InChI=1S/C16H18BrN5S/c1-18-15(21(2)10-12-3-5-13(17)6-4-12)19-9-14-11-22-7-8-23-16(22)20-14/h3-8,11H,9-10H2,1-2H3,(H,18,19). The molecular formula is C16H18BrN5S. The van der Waals surface area contributed by atoms with E-state index in [9.17, 15) is 0 Å². The van der Waals surface area contributed by atoms with Gasteiger partial charge < -0.3 is 10.2 Å². The summed E-state index contributed by atoms with van der Waals surface area (Å²) < 4.78 is 3.13. The maximum atomic E-state index is 4.57. The van der Waals surface area contributed by atoms with Crippen LogP contribution in [0.15, 0.2) is 51.5 Å². The number of imidazole rings is 1. The van der Waals surface area contributed by atoms with E-state index >= 15 is 0 Å². The van der Waals surface area contributed by atoms with Gasteiger partial charge in [0.2, 0.25) is 0 Å². The highest BCUT2D eigenvalue weighted by molar-refractivity contribution is 9.10. The van der Waals surface area contributed by atoms with E-state index in [-0.39, 0.29) is 0 Å². The van der Waals surface area contributed by atoms with Gasteiger partial charge in [0.1, 0.15) is 0 Å². The minimum atomic E-state index is 0.658. The molecule has 2 heterocycles. The van der Waals surface area contributed by atoms with E-state index in [1.54, 1.807) is 18.4 Å². The molecule has 0 saturated carbocycles. The smallest absolute Gasteiger partial charge is 0.194 e. The normalized spacial score (nSPS) is 11.9. The lowest BCUT2D eigenvalue weighted by molar-refractivity contribution is 0.476. The summed E-state index contributed by atoms with van der Waals surface area (Å²) in [5, 5.41) is 5.40. The number of halogens is 1. The van der Waals surface area contributed by atoms with Gasteiger partial charge in [0.25, 0.3) is 0 Å². The Bertz CT molecular complexity index is 777. The second-order valence-electron chi connectivity index (χ2n) is 5.21. The van der Waals surface area contributed by atoms with Crippen LogP contribution in [-0.4, -0.2) is 34.3 Å². The fourth-order valence-corrected chi connectivity index (χ4v) is 3.34. The topological polar surface area (TPSA) is 44.9 Å². The van der Waals surface area contributed by atoms with Gasteiger partial charge in [-0.1, -0.05) is 28.1 Å². The molecule has 120 valence electrons. The Morgan fingerprint density at radius 1 is 1.39 bits per heavy atom. The maximum Gasteiger partial charge on any atom is 0.194 e. The maximum absolute atomic E-state index is 4.57. The molecule has 7 heteroatoms. The molecular weight excluding hydrogens is 374 g/mol. The van der Waals surface area contributed by atoms with Gasteiger partial charge in [-0.2, -0.15) is 0 Å². The predicted molar refractivity (Wildman–Crippen MR) is 98.9 cm³/mol. The Morgan fingerprint density at radius 3 is 2.87 bits per heavy atom. The molecule has 0 unspecified atom stereocenters. The van der Waals surface area contributed by atoms with Gasteiger partial charge in [-0.3, -0.25) is 9.39 Å². The first-order valence-corrected chi connectivity index (χ1v) is 8.90. The van der Waals surface area contributed by atoms with Crippen LogP contribution in [0.1, 0.15) is 11.3 Å². The van der Waals surface area contributed by atoms with Crippen molar-refractivity contribution in [2.24, 2.45) is 4.99 Å². The van der Waals surface area contributed by atoms with Crippen molar-refractivity contribution in [1.29, 1.82) is 0 Å². The third-order valence-electron chi connectivity index (χ3n) is 3.48. The number of rotatable bonds is 4. The van der Waals surface area contributed by atoms with Crippen molar-refractivity contribution in [3.05, 3.63) is 57.8 Å². The minimum Gasteiger partial charge on any atom is -0.351 e. The molecule has 2 aromatic heterocycles. The number of hydrogen-bond acceptors (Lipinski definition) is 3. The first-order chi connectivity index (χ1) is 11.2. The van der Waals surface area contributed by atoms with Crippen molar-refractivity contribution in [3.8, 4) is 0 Å². The number of guanidine groups is 1. The lowest BCUT2D eigenvalue weighted by atomic mass is 10.2. The Kier molecular flexibility index (Phi) is 4.97. The fraction of sp³-hybridized carbons (Fsp3) is 0.250. The van der Waals surface area contributed by atoms with Crippen LogP contribution in [0.4, 0.5) is 0 Å². The van der Waals surface area contributed by atoms with E-state index in [1.807, 2.05) is 29.2 Å². The SMILES string of the molecule is CN=C(NCc1cn2ccsc2n1)N(C)Cc1ccc(Br)cc1. The Balaban J connectivity index is 1.60. The van der Waals surface area contributed by atoms with Gasteiger partial charge in [0.05, 0.1) is 12.2 Å². The van der Waals surface area contributed by atoms with Crippen molar-refractivity contribution < 1.29 is 0 Å². The van der Waals surface area contributed by atoms with Gasteiger partial charge in [0, 0.05) is 42.9 Å². The zero-order chi connectivity index (χ0) is 16.2. The van der Waals surface area contributed by atoms with E-state index < -0.39 is 0 Å². The second-order valence-corrected chi connectivity index (χ2v) is 7.00. The van der Waals surface area contributed by atoms with Crippen LogP contribution in [0.2, 0.25) is 0 Å². The molecule has 0 spiro atoms. The summed E-state index contributed by atoms with van der Waals surface area (Å²) in [4.78, 5) is 12.0. The zero-order valence-electron chi connectivity index (χ0n) is 13.0. The lowest BCUT2D eigenvalue weighted by Gasteiger charge is -2.22. The van der Waals surface area contributed by atoms with Crippen molar-refractivity contribution in [1.82, 2.24) is 19.6 Å². The van der Waals surface area contributed by atoms with Gasteiger partial charge in [-0.15, -0.1) is 11.3 Å². The van der Waals surface area contributed by atoms with E-state index in [4.69, 9.17) is 0 Å². The van der Waals surface area contributed by atoms with E-state index in [1.165, 1.54) is 5.56 Å². The van der Waals surface area contributed by atoms with Crippen LogP contribution in [-0.2, 0) is 13.1 Å². The van der Waals surface area contributed by atoms with Crippen LogP contribution >= 0.6 is 27.3 Å². The summed E-state index contributed by atoms with van der Waals surface area (Å²) in [5.41, 5.74) is 2.25. The highest BCUT2D eigenvalue weighted by Gasteiger charge is 2.08. The zero-order valence-corrected chi connectivity index (χ0v) is 15.4. The molecule has 0 radical (unpaired) electrons. The molecule has 1 N–H and O–H groups in total. The van der Waals surface area contributed by atoms with Crippen LogP contribution in [0.25, 0.3) is 4.96 Å². The molecule has 0 aliphatic carbocycles. The number of aliphatic imine (C=N–C) groups is 1. The second kappa shape index (κ2) is 7.14. The lowest BCUT2D eigenvalue weighted by Crippen LogP contribution is -2.38. The summed E-state index contributed by atoms with van der Waals surface area (Å²) in [6, 6.07) is 8.32. The molecule has 0 fully saturated rings. The molecule has 3 aromatic rings. The predicted octanol–water partition coefficient (Wildman–Crippen LogP) is 3.37. The fourth-order valence-electron chi connectivity index (χ4n) is 2.35. The molecule has 0 atom stereocenters. The number of benzene rings is 1. The van der Waals surface area contributed by atoms with Crippen LogP contribution < -0.4 is 5.32 Å². The van der Waals surface area contributed by atoms with E-state index in [0.717, 1.165) is 27.6 Å². The largest absolute Gasteiger partial charge is 0.351 e. The number of thiazole rings is 1. The van der Waals surface area contributed by atoms with Crippen LogP contribution in [0.3, 0.4) is 0 Å². The summed E-state index contributed by atoms with van der Waals surface area (Å²) in [5.74, 6) is 0.851. The van der Waals surface area contributed by atoms with Gasteiger partial charge in [-0.25, -0.2) is 4.98 Å². The van der Waals surface area contributed by atoms with E-state index in [2.05, 4.69) is 60.4 Å². The third kappa shape index (κ3) is 3.92. The Morgan fingerprint density at radius 2 is 2.17 bits per heavy atom. The Hall–Kier alpha value is -1.86. The first kappa shape index (κ1) is 16.0.